The van der Waals surface area contributed by atoms with Gasteiger partial charge in [0.15, 0.2) is 0 Å². The van der Waals surface area contributed by atoms with Gasteiger partial charge in [0, 0.05) is 30.3 Å². The van der Waals surface area contributed by atoms with Crippen LogP contribution in [0.25, 0.3) is 11.5 Å². The van der Waals surface area contributed by atoms with Gasteiger partial charge in [0.1, 0.15) is 0 Å². The summed E-state index contributed by atoms with van der Waals surface area (Å²) in [7, 11) is 0. The van der Waals surface area contributed by atoms with Crippen molar-refractivity contribution in [3.05, 3.63) is 35.2 Å². The maximum atomic E-state index is 13.0. The third-order valence-electron chi connectivity index (χ3n) is 5.75. The predicted molar refractivity (Wildman–Crippen MR) is 101 cm³/mol. The van der Waals surface area contributed by atoms with Crippen LogP contribution in [-0.4, -0.2) is 39.8 Å². The van der Waals surface area contributed by atoms with Gasteiger partial charge >= 0.3 is 6.43 Å². The molecule has 2 aliphatic rings. The van der Waals surface area contributed by atoms with Gasteiger partial charge in [-0.3, -0.25) is 4.79 Å². The molecule has 29 heavy (non-hydrogen) atoms. The molecule has 0 atom stereocenters. The van der Waals surface area contributed by atoms with Crippen molar-refractivity contribution >= 4 is 5.91 Å². The number of nitrogens with zero attached hydrogens (tertiary/aromatic N) is 3. The molecule has 1 aromatic carbocycles. The van der Waals surface area contributed by atoms with E-state index < -0.39 is 12.3 Å². The fourth-order valence-corrected chi connectivity index (χ4v) is 4.11. The summed E-state index contributed by atoms with van der Waals surface area (Å²) >= 11 is 0. The lowest BCUT2D eigenvalue weighted by Gasteiger charge is -2.34. The molecule has 4 rings (SSSR count). The Bertz CT molecular complexity index is 863. The van der Waals surface area contributed by atoms with E-state index in [1.807, 2.05) is 11.0 Å². The van der Waals surface area contributed by atoms with Crippen LogP contribution >= 0.6 is 0 Å². The molecule has 0 unspecified atom stereocenters. The Hall–Kier alpha value is -2.35. The molecule has 6 nitrogen and oxygen atoms in total. The van der Waals surface area contributed by atoms with Crippen LogP contribution in [0, 0.1) is 0 Å². The molecular formula is C21H25F2N3O3. The second-order valence-corrected chi connectivity index (χ2v) is 7.71. The first-order valence-corrected chi connectivity index (χ1v) is 10.2. The Labute approximate surface area is 168 Å². The van der Waals surface area contributed by atoms with Crippen molar-refractivity contribution in [1.29, 1.82) is 0 Å². The van der Waals surface area contributed by atoms with Gasteiger partial charge in [-0.05, 0) is 49.8 Å². The molecule has 1 aliphatic heterocycles. The van der Waals surface area contributed by atoms with E-state index in [2.05, 4.69) is 17.1 Å². The van der Waals surface area contributed by atoms with Crippen molar-refractivity contribution in [3.63, 3.8) is 0 Å². The Kier molecular flexibility index (Phi) is 5.89. The van der Waals surface area contributed by atoms with Crippen molar-refractivity contribution in [2.24, 2.45) is 0 Å². The molecule has 1 aromatic heterocycles. The van der Waals surface area contributed by atoms with E-state index in [4.69, 9.17) is 9.15 Å². The molecule has 1 amide bonds. The van der Waals surface area contributed by atoms with Crippen LogP contribution in [0.5, 0.6) is 0 Å². The first kappa shape index (κ1) is 19.9. The molecule has 156 valence electrons. The van der Waals surface area contributed by atoms with E-state index in [9.17, 15) is 13.6 Å². The molecule has 0 bridgehead atoms. The number of carbonyl (C=O) groups excluding carboxylic acids is 1. The number of benzene rings is 1. The number of hydrogen-bond donors (Lipinski definition) is 0. The quantitative estimate of drug-likeness (QED) is 0.622. The van der Waals surface area contributed by atoms with Crippen LogP contribution in [0.4, 0.5) is 8.78 Å². The summed E-state index contributed by atoms with van der Waals surface area (Å²) in [5, 5.41) is 7.02. The maximum absolute atomic E-state index is 13.0. The normalized spacial score (nSPS) is 21.8. The molecule has 2 aromatic rings. The number of carbonyl (C=O) groups is 1. The standard InChI is InChI=1S/C21H25F2N3O3/c1-2-3-10-28-16-8-6-15(7-9-16)26-12-14-5-4-13(11-17(14)21(26)27)19-24-25-20(29-19)18(22)23/h4-5,11,15-16,18H,2-3,6-10,12H2,1H3. The molecule has 0 N–H and O–H groups in total. The number of aromatic nitrogens is 2. The molecule has 0 saturated heterocycles. The molecule has 1 aliphatic carbocycles. The number of ether oxygens (including phenoxy) is 1. The Morgan fingerprint density at radius 1 is 1.24 bits per heavy atom. The average Bonchev–Trinajstić information content (AvgIpc) is 3.34. The molecular weight excluding hydrogens is 380 g/mol. The van der Waals surface area contributed by atoms with E-state index in [0.29, 0.717) is 23.8 Å². The van der Waals surface area contributed by atoms with Crippen LogP contribution in [0.1, 0.15) is 73.7 Å². The van der Waals surface area contributed by atoms with E-state index >= 15 is 0 Å². The monoisotopic (exact) mass is 405 g/mol. The highest BCUT2D eigenvalue weighted by Gasteiger charge is 2.35. The number of fused-ring (bicyclic) bond motifs is 1. The van der Waals surface area contributed by atoms with Crippen molar-refractivity contribution in [2.45, 2.75) is 70.6 Å². The lowest BCUT2D eigenvalue weighted by atomic mass is 9.92. The molecule has 8 heteroatoms. The van der Waals surface area contributed by atoms with Gasteiger partial charge < -0.3 is 14.1 Å². The first-order chi connectivity index (χ1) is 14.1. The summed E-state index contributed by atoms with van der Waals surface area (Å²) in [6.45, 7) is 3.54. The lowest BCUT2D eigenvalue weighted by Crippen LogP contribution is -2.39. The predicted octanol–water partition coefficient (Wildman–Crippen LogP) is 4.76. The summed E-state index contributed by atoms with van der Waals surface area (Å²) in [5.41, 5.74) is 2.00. The van der Waals surface area contributed by atoms with Gasteiger partial charge in [-0.25, -0.2) is 0 Å². The fourth-order valence-electron chi connectivity index (χ4n) is 4.11. The van der Waals surface area contributed by atoms with Crippen LogP contribution in [0.15, 0.2) is 22.6 Å². The van der Waals surface area contributed by atoms with E-state index in [1.165, 1.54) is 0 Å². The van der Waals surface area contributed by atoms with Crippen molar-refractivity contribution < 1.29 is 22.7 Å². The Balaban J connectivity index is 1.41. The van der Waals surface area contributed by atoms with Gasteiger partial charge in [-0.2, -0.15) is 8.78 Å². The minimum Gasteiger partial charge on any atom is -0.415 e. The summed E-state index contributed by atoms with van der Waals surface area (Å²) in [6.07, 6.45) is 3.51. The summed E-state index contributed by atoms with van der Waals surface area (Å²) < 4.78 is 36.3. The van der Waals surface area contributed by atoms with Gasteiger partial charge in [0.05, 0.1) is 6.10 Å². The summed E-state index contributed by atoms with van der Waals surface area (Å²) in [4.78, 5) is 14.9. The molecule has 0 spiro atoms. The van der Waals surface area contributed by atoms with Crippen LogP contribution < -0.4 is 0 Å². The average molecular weight is 405 g/mol. The molecule has 1 saturated carbocycles. The van der Waals surface area contributed by atoms with Gasteiger partial charge in [0.2, 0.25) is 5.89 Å². The molecule has 0 radical (unpaired) electrons. The largest absolute Gasteiger partial charge is 0.415 e. The second-order valence-electron chi connectivity index (χ2n) is 7.71. The topological polar surface area (TPSA) is 68.5 Å². The second kappa shape index (κ2) is 8.57. The SMILES string of the molecule is CCCCOC1CCC(N2Cc3ccc(-c4nnc(C(F)F)o4)cc3C2=O)CC1. The summed E-state index contributed by atoms with van der Waals surface area (Å²) in [6, 6.07) is 5.45. The number of halogens is 2. The third-order valence-corrected chi connectivity index (χ3v) is 5.75. The summed E-state index contributed by atoms with van der Waals surface area (Å²) in [5.74, 6) is -0.740. The fraction of sp³-hybridized carbons (Fsp3) is 0.571. The van der Waals surface area contributed by atoms with E-state index in [0.717, 1.165) is 50.7 Å². The van der Waals surface area contributed by atoms with Crippen molar-refractivity contribution in [3.8, 4) is 11.5 Å². The highest BCUT2D eigenvalue weighted by molar-refractivity contribution is 5.99. The number of alkyl halides is 2. The maximum Gasteiger partial charge on any atom is 0.314 e. The van der Waals surface area contributed by atoms with Crippen molar-refractivity contribution in [2.75, 3.05) is 6.61 Å². The van der Waals surface area contributed by atoms with Gasteiger partial charge in [0.25, 0.3) is 11.8 Å². The lowest BCUT2D eigenvalue weighted by molar-refractivity contribution is 0.00691. The zero-order valence-electron chi connectivity index (χ0n) is 16.4. The minimum absolute atomic E-state index is 0.000846. The van der Waals surface area contributed by atoms with Gasteiger partial charge in [-0.1, -0.05) is 19.4 Å². The minimum atomic E-state index is -2.82. The highest BCUT2D eigenvalue weighted by Crippen LogP contribution is 2.34. The molecule has 2 heterocycles. The zero-order valence-corrected chi connectivity index (χ0v) is 16.4. The Morgan fingerprint density at radius 2 is 2.03 bits per heavy atom. The van der Waals surface area contributed by atoms with E-state index in [1.54, 1.807) is 12.1 Å². The number of rotatable bonds is 7. The Morgan fingerprint density at radius 3 is 2.72 bits per heavy atom. The van der Waals surface area contributed by atoms with Gasteiger partial charge in [-0.15, -0.1) is 10.2 Å². The number of hydrogen-bond acceptors (Lipinski definition) is 5. The highest BCUT2D eigenvalue weighted by atomic mass is 19.3. The van der Waals surface area contributed by atoms with Crippen LogP contribution in [-0.2, 0) is 11.3 Å². The molecule has 1 fully saturated rings. The first-order valence-electron chi connectivity index (χ1n) is 10.2. The number of amides is 1. The van der Waals surface area contributed by atoms with Crippen LogP contribution in [0.3, 0.4) is 0 Å². The van der Waals surface area contributed by atoms with E-state index in [-0.39, 0.29) is 17.8 Å². The van der Waals surface area contributed by atoms with Crippen molar-refractivity contribution in [1.82, 2.24) is 15.1 Å². The number of unbranched alkanes of at least 4 members (excludes halogenated alkanes) is 1. The smallest absolute Gasteiger partial charge is 0.314 e. The van der Waals surface area contributed by atoms with Crippen LogP contribution in [0.2, 0.25) is 0 Å². The zero-order chi connectivity index (χ0) is 20.4. The third kappa shape index (κ3) is 4.17.